The fraction of sp³-hybridized carbons (Fsp3) is 0.444. The summed E-state index contributed by atoms with van der Waals surface area (Å²) in [5, 5.41) is 2.09. The Hall–Kier alpha value is -1.33. The van der Waals surface area contributed by atoms with Crippen molar-refractivity contribution in [3.8, 4) is 0 Å². The Kier molecular flexibility index (Phi) is 5.07. The quantitative estimate of drug-likeness (QED) is 0.674. The Morgan fingerprint density at radius 1 is 1.04 bits per heavy atom. The molecule has 2 heterocycles. The molecule has 1 nitrogen and oxygen atoms in total. The standard InChI is InChI=1S/C18H20F3NS/c19-18(20,21)15-9-7-14(8-10-15)13-22-11-3-1-2-5-16(22)17-6-4-12-23-17/h4,6-10,12,16H,1-3,5,11,13H2/t16-/m0/s1. The van der Waals surface area contributed by atoms with Gasteiger partial charge in [0, 0.05) is 17.5 Å². The van der Waals surface area contributed by atoms with Gasteiger partial charge in [0.1, 0.15) is 0 Å². The molecule has 0 saturated carbocycles. The van der Waals surface area contributed by atoms with Crippen LogP contribution in [0.3, 0.4) is 0 Å². The number of rotatable bonds is 3. The van der Waals surface area contributed by atoms with Crippen molar-refractivity contribution >= 4 is 11.3 Å². The van der Waals surface area contributed by atoms with Crippen molar-refractivity contribution in [2.45, 2.75) is 44.4 Å². The van der Waals surface area contributed by atoms with Crippen LogP contribution in [-0.4, -0.2) is 11.4 Å². The lowest BCUT2D eigenvalue weighted by atomic mass is 10.1. The van der Waals surface area contributed by atoms with Crippen molar-refractivity contribution < 1.29 is 13.2 Å². The van der Waals surface area contributed by atoms with Gasteiger partial charge >= 0.3 is 6.18 Å². The van der Waals surface area contributed by atoms with Crippen molar-refractivity contribution in [2.24, 2.45) is 0 Å². The summed E-state index contributed by atoms with van der Waals surface area (Å²) in [7, 11) is 0. The molecule has 0 bridgehead atoms. The molecule has 1 saturated heterocycles. The molecule has 0 spiro atoms. The van der Waals surface area contributed by atoms with Crippen LogP contribution in [0.4, 0.5) is 13.2 Å². The maximum Gasteiger partial charge on any atom is 0.416 e. The van der Waals surface area contributed by atoms with Crippen LogP contribution in [0.2, 0.25) is 0 Å². The van der Waals surface area contributed by atoms with Crippen LogP contribution in [0, 0.1) is 0 Å². The number of benzene rings is 1. The van der Waals surface area contributed by atoms with E-state index in [4.69, 9.17) is 0 Å². The number of nitrogens with zero attached hydrogens (tertiary/aromatic N) is 1. The molecule has 124 valence electrons. The van der Waals surface area contributed by atoms with Gasteiger partial charge in [-0.05, 0) is 48.5 Å². The molecule has 1 aliphatic rings. The third-order valence-corrected chi connectivity index (χ3v) is 5.38. The predicted molar refractivity (Wildman–Crippen MR) is 87.4 cm³/mol. The van der Waals surface area contributed by atoms with Gasteiger partial charge in [-0.25, -0.2) is 0 Å². The zero-order valence-corrected chi connectivity index (χ0v) is 13.7. The van der Waals surface area contributed by atoms with Crippen LogP contribution in [0.25, 0.3) is 0 Å². The molecule has 0 amide bonds. The van der Waals surface area contributed by atoms with Crippen molar-refractivity contribution in [1.29, 1.82) is 0 Å². The number of halogens is 3. The molecule has 0 N–H and O–H groups in total. The van der Waals surface area contributed by atoms with Crippen molar-refractivity contribution in [2.75, 3.05) is 6.54 Å². The van der Waals surface area contributed by atoms with Gasteiger partial charge in [0.15, 0.2) is 0 Å². The summed E-state index contributed by atoms with van der Waals surface area (Å²) in [5.41, 5.74) is 0.369. The summed E-state index contributed by atoms with van der Waals surface area (Å²) in [6, 6.07) is 10.2. The average Bonchev–Trinajstić information content (AvgIpc) is 2.95. The highest BCUT2D eigenvalue weighted by molar-refractivity contribution is 7.10. The maximum absolute atomic E-state index is 12.7. The van der Waals surface area contributed by atoms with Crippen molar-refractivity contribution in [3.05, 3.63) is 57.8 Å². The lowest BCUT2D eigenvalue weighted by Crippen LogP contribution is -2.27. The Labute approximate surface area is 138 Å². The second-order valence-corrected chi connectivity index (χ2v) is 7.02. The van der Waals surface area contributed by atoms with E-state index in [1.807, 2.05) is 0 Å². The first-order valence-electron chi connectivity index (χ1n) is 7.97. The van der Waals surface area contributed by atoms with E-state index in [2.05, 4.69) is 22.4 Å². The van der Waals surface area contributed by atoms with E-state index < -0.39 is 11.7 Å². The highest BCUT2D eigenvalue weighted by Gasteiger charge is 2.30. The second kappa shape index (κ2) is 7.05. The van der Waals surface area contributed by atoms with Gasteiger partial charge in [0.25, 0.3) is 0 Å². The topological polar surface area (TPSA) is 3.24 Å². The molecule has 23 heavy (non-hydrogen) atoms. The van der Waals surface area contributed by atoms with E-state index in [1.165, 1.54) is 29.9 Å². The monoisotopic (exact) mass is 339 g/mol. The van der Waals surface area contributed by atoms with E-state index in [-0.39, 0.29) is 0 Å². The highest BCUT2D eigenvalue weighted by atomic mass is 32.1. The highest BCUT2D eigenvalue weighted by Crippen LogP contribution is 2.34. The largest absolute Gasteiger partial charge is 0.416 e. The summed E-state index contributed by atoms with van der Waals surface area (Å²) in [5.74, 6) is 0. The Morgan fingerprint density at radius 2 is 1.83 bits per heavy atom. The van der Waals surface area contributed by atoms with Gasteiger partial charge in [-0.2, -0.15) is 13.2 Å². The molecule has 0 unspecified atom stereocenters. The number of hydrogen-bond acceptors (Lipinski definition) is 2. The zero-order valence-electron chi connectivity index (χ0n) is 12.9. The first-order valence-corrected chi connectivity index (χ1v) is 8.85. The molecular formula is C18H20F3NS. The van der Waals surface area contributed by atoms with E-state index in [0.717, 1.165) is 24.9 Å². The molecule has 1 fully saturated rings. The molecule has 0 radical (unpaired) electrons. The maximum atomic E-state index is 12.7. The first kappa shape index (κ1) is 16.5. The predicted octanol–water partition coefficient (Wildman–Crippen LogP) is 5.88. The van der Waals surface area contributed by atoms with Crippen LogP contribution >= 0.6 is 11.3 Å². The number of likely N-dealkylation sites (tertiary alicyclic amines) is 1. The van der Waals surface area contributed by atoms with Crippen LogP contribution < -0.4 is 0 Å². The first-order chi connectivity index (χ1) is 11.0. The summed E-state index contributed by atoms with van der Waals surface area (Å²) in [4.78, 5) is 3.78. The zero-order chi connectivity index (χ0) is 16.3. The molecule has 0 aliphatic carbocycles. The second-order valence-electron chi connectivity index (χ2n) is 6.05. The molecule has 5 heteroatoms. The Bertz CT molecular complexity index is 604. The van der Waals surface area contributed by atoms with Crippen LogP contribution in [0.15, 0.2) is 41.8 Å². The number of thiophene rings is 1. The molecule has 1 aromatic heterocycles. The lowest BCUT2D eigenvalue weighted by molar-refractivity contribution is -0.137. The summed E-state index contributed by atoms with van der Waals surface area (Å²) in [6.45, 7) is 1.71. The number of alkyl halides is 3. The molecule has 2 aromatic rings. The third kappa shape index (κ3) is 4.15. The van der Waals surface area contributed by atoms with Gasteiger partial charge in [0.2, 0.25) is 0 Å². The summed E-state index contributed by atoms with van der Waals surface area (Å²) >= 11 is 1.77. The lowest BCUT2D eigenvalue weighted by Gasteiger charge is -2.29. The van der Waals surface area contributed by atoms with E-state index in [1.54, 1.807) is 23.5 Å². The normalized spacial score (nSPS) is 20.4. The van der Waals surface area contributed by atoms with Gasteiger partial charge < -0.3 is 0 Å². The molecular weight excluding hydrogens is 319 g/mol. The van der Waals surface area contributed by atoms with Gasteiger partial charge in [-0.3, -0.25) is 4.90 Å². The van der Waals surface area contributed by atoms with Gasteiger partial charge in [0.05, 0.1) is 5.56 Å². The summed E-state index contributed by atoms with van der Waals surface area (Å²) in [6.07, 6.45) is 0.460. The fourth-order valence-electron chi connectivity index (χ4n) is 3.19. The van der Waals surface area contributed by atoms with E-state index in [9.17, 15) is 13.2 Å². The Morgan fingerprint density at radius 3 is 2.48 bits per heavy atom. The van der Waals surface area contributed by atoms with Crippen molar-refractivity contribution in [3.63, 3.8) is 0 Å². The van der Waals surface area contributed by atoms with Crippen LogP contribution in [0.1, 0.15) is 47.7 Å². The Balaban J connectivity index is 1.76. The third-order valence-electron chi connectivity index (χ3n) is 4.40. The molecule has 3 rings (SSSR count). The average molecular weight is 339 g/mol. The fourth-order valence-corrected chi connectivity index (χ4v) is 4.09. The van der Waals surface area contributed by atoms with Gasteiger partial charge in [-0.1, -0.05) is 31.0 Å². The molecule has 1 aromatic carbocycles. The van der Waals surface area contributed by atoms with Crippen LogP contribution in [0.5, 0.6) is 0 Å². The SMILES string of the molecule is FC(F)(F)c1ccc(CN2CCCCC[C@H]2c2cccs2)cc1. The van der Waals surface area contributed by atoms with Gasteiger partial charge in [-0.15, -0.1) is 11.3 Å². The van der Waals surface area contributed by atoms with E-state index >= 15 is 0 Å². The van der Waals surface area contributed by atoms with Crippen LogP contribution in [-0.2, 0) is 12.7 Å². The summed E-state index contributed by atoms with van der Waals surface area (Å²) < 4.78 is 38.0. The number of hydrogen-bond donors (Lipinski definition) is 0. The molecule has 1 aliphatic heterocycles. The minimum atomic E-state index is -4.26. The van der Waals surface area contributed by atoms with E-state index in [0.29, 0.717) is 12.6 Å². The van der Waals surface area contributed by atoms with Crippen molar-refractivity contribution in [1.82, 2.24) is 4.90 Å². The smallest absolute Gasteiger partial charge is 0.291 e. The minimum absolute atomic E-state index is 0.389. The minimum Gasteiger partial charge on any atom is -0.291 e. The molecule has 1 atom stereocenters.